The van der Waals surface area contributed by atoms with Crippen LogP contribution in [-0.2, 0) is 0 Å². The van der Waals surface area contributed by atoms with Gasteiger partial charge in [-0.2, -0.15) is 0 Å². The summed E-state index contributed by atoms with van der Waals surface area (Å²) < 4.78 is 0. The van der Waals surface area contributed by atoms with Crippen LogP contribution < -0.4 is 11.1 Å². The number of halogens is 1. The molecule has 0 bridgehead atoms. The number of rotatable bonds is 2. The van der Waals surface area contributed by atoms with E-state index in [0.717, 1.165) is 5.56 Å². The molecule has 0 aliphatic carbocycles. The molecule has 3 N–H and O–H groups in total. The van der Waals surface area contributed by atoms with Crippen LogP contribution in [0.5, 0.6) is 0 Å². The molecule has 1 aromatic heterocycles. The van der Waals surface area contributed by atoms with E-state index in [0.29, 0.717) is 22.1 Å². The van der Waals surface area contributed by atoms with Crippen LogP contribution >= 0.6 is 11.6 Å². The van der Waals surface area contributed by atoms with Gasteiger partial charge in [0.1, 0.15) is 5.82 Å². The fourth-order valence-electron chi connectivity index (χ4n) is 1.51. The van der Waals surface area contributed by atoms with Gasteiger partial charge in [-0.15, -0.1) is 0 Å². The monoisotopic (exact) mass is 261 g/mol. The average molecular weight is 262 g/mol. The number of carbonyl (C=O) groups is 1. The molecule has 1 amide bonds. The Morgan fingerprint density at radius 1 is 1.33 bits per heavy atom. The molecule has 4 nitrogen and oxygen atoms in total. The predicted molar refractivity (Wildman–Crippen MR) is 72.8 cm³/mol. The SMILES string of the molecule is Cc1cccc(C(=O)Nc2ccc(Cl)cn2)c1N. The third kappa shape index (κ3) is 2.60. The van der Waals surface area contributed by atoms with E-state index in [1.807, 2.05) is 13.0 Å². The first-order valence-corrected chi connectivity index (χ1v) is 5.73. The van der Waals surface area contributed by atoms with Crippen LogP contribution in [-0.4, -0.2) is 10.9 Å². The van der Waals surface area contributed by atoms with E-state index in [2.05, 4.69) is 10.3 Å². The van der Waals surface area contributed by atoms with Crippen LogP contribution in [0.2, 0.25) is 5.02 Å². The second-order valence-electron chi connectivity index (χ2n) is 3.85. The van der Waals surface area contributed by atoms with Gasteiger partial charge in [-0.25, -0.2) is 4.98 Å². The first kappa shape index (κ1) is 12.4. The standard InChI is InChI=1S/C13H12ClN3O/c1-8-3-2-4-10(12(8)15)13(18)17-11-6-5-9(14)7-16-11/h2-7H,15H2,1H3,(H,16,17,18). The lowest BCUT2D eigenvalue weighted by Crippen LogP contribution is -2.15. The quantitative estimate of drug-likeness (QED) is 0.817. The van der Waals surface area contributed by atoms with E-state index in [-0.39, 0.29) is 5.91 Å². The number of nitrogens with two attached hydrogens (primary N) is 1. The molecule has 5 heteroatoms. The first-order valence-electron chi connectivity index (χ1n) is 5.36. The van der Waals surface area contributed by atoms with E-state index in [4.69, 9.17) is 17.3 Å². The maximum Gasteiger partial charge on any atom is 0.258 e. The van der Waals surface area contributed by atoms with E-state index in [1.165, 1.54) is 6.20 Å². The summed E-state index contributed by atoms with van der Waals surface area (Å²) in [7, 11) is 0. The van der Waals surface area contributed by atoms with Crippen LogP contribution in [0.25, 0.3) is 0 Å². The number of amides is 1. The highest BCUT2D eigenvalue weighted by Crippen LogP contribution is 2.18. The van der Waals surface area contributed by atoms with E-state index < -0.39 is 0 Å². The van der Waals surface area contributed by atoms with E-state index in [1.54, 1.807) is 24.3 Å². The number of hydrogen-bond acceptors (Lipinski definition) is 3. The average Bonchev–Trinajstić information content (AvgIpc) is 2.35. The summed E-state index contributed by atoms with van der Waals surface area (Å²) >= 11 is 5.72. The summed E-state index contributed by atoms with van der Waals surface area (Å²) in [5.41, 5.74) is 7.64. The minimum absolute atomic E-state index is 0.286. The number of nitrogens with one attached hydrogen (secondary N) is 1. The Morgan fingerprint density at radius 2 is 2.11 bits per heavy atom. The number of nitrogen functional groups attached to an aromatic ring is 1. The molecule has 0 unspecified atom stereocenters. The van der Waals surface area contributed by atoms with Crippen molar-refractivity contribution < 1.29 is 4.79 Å². The molecule has 0 aliphatic rings. The zero-order valence-electron chi connectivity index (χ0n) is 9.77. The fourth-order valence-corrected chi connectivity index (χ4v) is 1.62. The molecular weight excluding hydrogens is 250 g/mol. The second-order valence-corrected chi connectivity index (χ2v) is 4.29. The lowest BCUT2D eigenvalue weighted by Gasteiger charge is -2.08. The van der Waals surface area contributed by atoms with E-state index in [9.17, 15) is 4.79 Å². The zero-order chi connectivity index (χ0) is 13.1. The van der Waals surface area contributed by atoms with Gasteiger partial charge < -0.3 is 11.1 Å². The van der Waals surface area contributed by atoms with Crippen molar-refractivity contribution in [2.24, 2.45) is 0 Å². The molecule has 0 radical (unpaired) electrons. The van der Waals surface area contributed by atoms with Gasteiger partial charge in [0, 0.05) is 11.9 Å². The van der Waals surface area contributed by atoms with Crippen LogP contribution in [0.15, 0.2) is 36.5 Å². The molecule has 0 atom stereocenters. The molecule has 92 valence electrons. The lowest BCUT2D eigenvalue weighted by molar-refractivity contribution is 0.102. The first-order chi connectivity index (χ1) is 8.58. The number of nitrogens with zero attached hydrogens (tertiary/aromatic N) is 1. The Morgan fingerprint density at radius 3 is 2.78 bits per heavy atom. The smallest absolute Gasteiger partial charge is 0.258 e. The van der Waals surface area contributed by atoms with Crippen LogP contribution in [0, 0.1) is 6.92 Å². The minimum Gasteiger partial charge on any atom is -0.398 e. The van der Waals surface area contributed by atoms with Crippen LogP contribution in [0.3, 0.4) is 0 Å². The highest BCUT2D eigenvalue weighted by molar-refractivity contribution is 6.30. The number of pyridine rings is 1. The summed E-state index contributed by atoms with van der Waals surface area (Å²) in [4.78, 5) is 16.0. The number of benzene rings is 1. The lowest BCUT2D eigenvalue weighted by atomic mass is 10.1. The summed E-state index contributed by atoms with van der Waals surface area (Å²) in [6.07, 6.45) is 1.47. The zero-order valence-corrected chi connectivity index (χ0v) is 10.5. The van der Waals surface area contributed by atoms with Crippen molar-refractivity contribution in [2.45, 2.75) is 6.92 Å². The van der Waals surface area contributed by atoms with Crippen molar-refractivity contribution >= 4 is 29.0 Å². The van der Waals surface area contributed by atoms with Crippen LogP contribution in [0.4, 0.5) is 11.5 Å². The molecule has 2 aromatic rings. The number of para-hydroxylation sites is 1. The molecule has 0 aliphatic heterocycles. The largest absolute Gasteiger partial charge is 0.398 e. The second kappa shape index (κ2) is 5.06. The molecule has 0 saturated carbocycles. The normalized spacial score (nSPS) is 10.1. The summed E-state index contributed by atoms with van der Waals surface area (Å²) in [6, 6.07) is 8.60. The maximum absolute atomic E-state index is 12.0. The van der Waals surface area contributed by atoms with Crippen molar-refractivity contribution in [2.75, 3.05) is 11.1 Å². The Bertz CT molecular complexity index is 581. The number of hydrogen-bond donors (Lipinski definition) is 2. The third-order valence-electron chi connectivity index (χ3n) is 2.54. The van der Waals surface area contributed by atoms with Gasteiger partial charge in [0.2, 0.25) is 0 Å². The molecule has 2 rings (SSSR count). The van der Waals surface area contributed by atoms with Crippen molar-refractivity contribution in [3.8, 4) is 0 Å². The molecule has 1 aromatic carbocycles. The van der Waals surface area contributed by atoms with Gasteiger partial charge in [-0.05, 0) is 30.7 Å². The molecule has 0 fully saturated rings. The molecule has 0 spiro atoms. The van der Waals surface area contributed by atoms with Gasteiger partial charge in [0.15, 0.2) is 0 Å². The Labute approximate surface area is 110 Å². The van der Waals surface area contributed by atoms with Crippen molar-refractivity contribution in [1.29, 1.82) is 0 Å². The van der Waals surface area contributed by atoms with Crippen LogP contribution in [0.1, 0.15) is 15.9 Å². The highest BCUT2D eigenvalue weighted by atomic mass is 35.5. The van der Waals surface area contributed by atoms with Gasteiger partial charge in [0.25, 0.3) is 5.91 Å². The highest BCUT2D eigenvalue weighted by Gasteiger charge is 2.11. The Hall–Kier alpha value is -2.07. The Balaban J connectivity index is 2.22. The van der Waals surface area contributed by atoms with Gasteiger partial charge >= 0.3 is 0 Å². The Kier molecular flexibility index (Phi) is 3.48. The summed E-state index contributed by atoms with van der Waals surface area (Å²) in [5.74, 6) is 0.149. The van der Waals surface area contributed by atoms with Crippen molar-refractivity contribution in [3.05, 3.63) is 52.7 Å². The molecule has 0 saturated heterocycles. The number of anilines is 2. The number of aryl methyl sites for hydroxylation is 1. The number of carbonyl (C=O) groups excluding carboxylic acids is 1. The summed E-state index contributed by atoms with van der Waals surface area (Å²) in [6.45, 7) is 1.85. The maximum atomic E-state index is 12.0. The van der Waals surface area contributed by atoms with Gasteiger partial charge in [-0.3, -0.25) is 4.79 Å². The van der Waals surface area contributed by atoms with Crippen molar-refractivity contribution in [3.63, 3.8) is 0 Å². The summed E-state index contributed by atoms with van der Waals surface area (Å²) in [5, 5.41) is 3.18. The predicted octanol–water partition coefficient (Wildman–Crippen LogP) is 2.88. The topological polar surface area (TPSA) is 68.0 Å². The number of aromatic nitrogens is 1. The molecule has 18 heavy (non-hydrogen) atoms. The fraction of sp³-hybridized carbons (Fsp3) is 0.0769. The third-order valence-corrected chi connectivity index (χ3v) is 2.76. The minimum atomic E-state index is -0.286. The molecule has 1 heterocycles. The van der Waals surface area contributed by atoms with Gasteiger partial charge in [-0.1, -0.05) is 23.7 Å². The molecular formula is C13H12ClN3O. The van der Waals surface area contributed by atoms with E-state index >= 15 is 0 Å². The van der Waals surface area contributed by atoms with Crippen molar-refractivity contribution in [1.82, 2.24) is 4.98 Å². The van der Waals surface area contributed by atoms with Gasteiger partial charge in [0.05, 0.1) is 10.6 Å².